The van der Waals surface area contributed by atoms with Gasteiger partial charge in [-0.2, -0.15) is 13.2 Å². The Balaban J connectivity index is 0.000000401. The van der Waals surface area contributed by atoms with Crippen LogP contribution in [0.15, 0.2) is 36.4 Å². The minimum atomic E-state index is -4.64. The number of nitrogens with zero attached hydrogens (tertiary/aromatic N) is 2. The standard InChI is InChI=1S/C20H22Cl2N2O.C2HF3O/c1-23-12-18(17-10-15(21)11-20(22)19(17)13-23)14-2-4-16(5-3-14)24-6-8-25-9-7-24;3-2(4,5)1-6/h2-5,10-11,18H,6-9,12-13H2,1H3;1H. The highest BCUT2D eigenvalue weighted by Gasteiger charge is 2.27. The fourth-order valence-corrected chi connectivity index (χ4v) is 4.44. The van der Waals surface area contributed by atoms with Crippen LogP contribution in [0.2, 0.25) is 10.0 Å². The van der Waals surface area contributed by atoms with Crippen molar-refractivity contribution in [2.24, 2.45) is 0 Å². The quantitative estimate of drug-likeness (QED) is 0.563. The Morgan fingerprint density at radius 2 is 1.71 bits per heavy atom. The molecule has 2 heterocycles. The van der Waals surface area contributed by atoms with E-state index in [0.717, 1.165) is 44.4 Å². The van der Waals surface area contributed by atoms with E-state index in [9.17, 15) is 13.2 Å². The lowest BCUT2D eigenvalue weighted by atomic mass is 9.84. The largest absolute Gasteiger partial charge is 0.446 e. The van der Waals surface area contributed by atoms with Gasteiger partial charge in [0.1, 0.15) is 0 Å². The molecule has 0 bridgehead atoms. The topological polar surface area (TPSA) is 32.8 Å². The first-order chi connectivity index (χ1) is 14.7. The molecule has 0 aliphatic carbocycles. The Kier molecular flexibility index (Phi) is 7.86. The summed E-state index contributed by atoms with van der Waals surface area (Å²) >= 11 is 12.7. The van der Waals surface area contributed by atoms with Crippen LogP contribution >= 0.6 is 23.2 Å². The lowest BCUT2D eigenvalue weighted by Crippen LogP contribution is -2.36. The predicted molar refractivity (Wildman–Crippen MR) is 116 cm³/mol. The molecule has 168 valence electrons. The molecule has 4 nitrogen and oxygen atoms in total. The molecule has 0 aromatic heterocycles. The summed E-state index contributed by atoms with van der Waals surface area (Å²) in [6.07, 6.45) is -5.70. The molecule has 2 aliphatic heterocycles. The molecule has 1 atom stereocenters. The Morgan fingerprint density at radius 1 is 1.10 bits per heavy atom. The average Bonchev–Trinajstić information content (AvgIpc) is 2.74. The van der Waals surface area contributed by atoms with Crippen molar-refractivity contribution in [3.63, 3.8) is 0 Å². The Bertz CT molecular complexity index is 901. The van der Waals surface area contributed by atoms with Gasteiger partial charge in [0.15, 0.2) is 0 Å². The first-order valence-corrected chi connectivity index (χ1v) is 10.6. The van der Waals surface area contributed by atoms with Crippen LogP contribution < -0.4 is 4.90 Å². The third-order valence-electron chi connectivity index (χ3n) is 5.30. The summed E-state index contributed by atoms with van der Waals surface area (Å²) in [6.45, 7) is 5.37. The minimum absolute atomic E-state index is 0.295. The SMILES string of the molecule is CN1Cc2c(Cl)cc(Cl)cc2C(c2ccc(N3CCOCC3)cc2)C1.O=CC(F)(F)F. The second kappa shape index (κ2) is 10.2. The zero-order valence-corrected chi connectivity index (χ0v) is 18.5. The number of hydrogen-bond donors (Lipinski definition) is 0. The highest BCUT2D eigenvalue weighted by atomic mass is 35.5. The second-order valence-electron chi connectivity index (χ2n) is 7.56. The van der Waals surface area contributed by atoms with E-state index < -0.39 is 12.5 Å². The molecule has 0 radical (unpaired) electrons. The van der Waals surface area contributed by atoms with E-state index >= 15 is 0 Å². The minimum Gasteiger partial charge on any atom is -0.378 e. The van der Waals surface area contributed by atoms with Gasteiger partial charge >= 0.3 is 6.18 Å². The van der Waals surface area contributed by atoms with Gasteiger partial charge in [-0.3, -0.25) is 4.79 Å². The number of benzene rings is 2. The van der Waals surface area contributed by atoms with Crippen molar-refractivity contribution < 1.29 is 22.7 Å². The summed E-state index contributed by atoms with van der Waals surface area (Å²) in [4.78, 5) is 13.4. The van der Waals surface area contributed by atoms with E-state index in [0.29, 0.717) is 10.9 Å². The number of morpholine rings is 1. The lowest BCUT2D eigenvalue weighted by Gasteiger charge is -2.34. The number of carbonyl (C=O) groups excluding carboxylic acids is 1. The van der Waals surface area contributed by atoms with Gasteiger partial charge in [0.2, 0.25) is 6.29 Å². The zero-order valence-electron chi connectivity index (χ0n) is 17.0. The van der Waals surface area contributed by atoms with Crippen molar-refractivity contribution >= 4 is 35.2 Å². The fourth-order valence-electron chi connectivity index (χ4n) is 3.87. The van der Waals surface area contributed by atoms with E-state index in [1.54, 1.807) is 0 Å². The molecule has 2 aromatic carbocycles. The van der Waals surface area contributed by atoms with E-state index in [4.69, 9.17) is 32.7 Å². The molecule has 4 rings (SSSR count). The monoisotopic (exact) mass is 474 g/mol. The third kappa shape index (κ3) is 6.35. The molecule has 1 unspecified atom stereocenters. The number of anilines is 1. The molecule has 31 heavy (non-hydrogen) atoms. The van der Waals surface area contributed by atoms with Gasteiger partial charge in [-0.25, -0.2) is 0 Å². The van der Waals surface area contributed by atoms with Gasteiger partial charge in [0.05, 0.1) is 13.2 Å². The Morgan fingerprint density at radius 3 is 2.29 bits per heavy atom. The highest BCUT2D eigenvalue weighted by molar-refractivity contribution is 6.35. The third-order valence-corrected chi connectivity index (χ3v) is 5.85. The lowest BCUT2D eigenvalue weighted by molar-refractivity contribution is -0.156. The maximum atomic E-state index is 10.4. The van der Waals surface area contributed by atoms with E-state index in [-0.39, 0.29) is 0 Å². The molecule has 2 aromatic rings. The van der Waals surface area contributed by atoms with E-state index in [2.05, 4.69) is 47.2 Å². The van der Waals surface area contributed by atoms with Crippen molar-refractivity contribution in [2.75, 3.05) is 44.8 Å². The van der Waals surface area contributed by atoms with Crippen LogP contribution in [0.25, 0.3) is 0 Å². The second-order valence-corrected chi connectivity index (χ2v) is 8.40. The number of likely N-dealkylation sites (N-methyl/N-ethyl adjacent to an activating group) is 1. The maximum Gasteiger partial charge on any atom is 0.446 e. The van der Waals surface area contributed by atoms with Crippen molar-refractivity contribution in [1.29, 1.82) is 0 Å². The summed E-state index contributed by atoms with van der Waals surface area (Å²) in [5.74, 6) is 0.295. The first-order valence-electron chi connectivity index (χ1n) is 9.80. The summed E-state index contributed by atoms with van der Waals surface area (Å²) in [5, 5.41) is 1.48. The number of ether oxygens (including phenoxy) is 1. The molecule has 1 saturated heterocycles. The molecule has 2 aliphatic rings. The normalized spacial score (nSPS) is 19.3. The first kappa shape index (κ1) is 23.9. The number of alkyl halides is 3. The molecule has 0 amide bonds. The van der Waals surface area contributed by atoms with E-state index in [1.807, 2.05) is 6.07 Å². The van der Waals surface area contributed by atoms with Gasteiger partial charge in [-0.1, -0.05) is 35.3 Å². The summed E-state index contributed by atoms with van der Waals surface area (Å²) < 4.78 is 36.7. The molecular formula is C22H23Cl2F3N2O2. The smallest absolute Gasteiger partial charge is 0.378 e. The number of fused-ring (bicyclic) bond motifs is 1. The van der Waals surface area contributed by atoms with Crippen molar-refractivity contribution in [3.05, 3.63) is 63.1 Å². The average molecular weight is 475 g/mol. The predicted octanol–water partition coefficient (Wildman–Crippen LogP) is 5.15. The van der Waals surface area contributed by atoms with Crippen molar-refractivity contribution in [3.8, 4) is 0 Å². The van der Waals surface area contributed by atoms with Gasteiger partial charge in [-0.05, 0) is 48.0 Å². The highest BCUT2D eigenvalue weighted by Crippen LogP contribution is 2.38. The summed E-state index contributed by atoms with van der Waals surface area (Å²) in [6, 6.07) is 12.9. The van der Waals surface area contributed by atoms with E-state index in [1.165, 1.54) is 22.4 Å². The number of hydrogen-bond acceptors (Lipinski definition) is 4. The molecule has 9 heteroatoms. The number of rotatable bonds is 2. The van der Waals surface area contributed by atoms with Gasteiger partial charge < -0.3 is 14.5 Å². The molecule has 0 saturated carbocycles. The van der Waals surface area contributed by atoms with Crippen molar-refractivity contribution in [1.82, 2.24) is 4.90 Å². The van der Waals surface area contributed by atoms with Crippen LogP contribution in [0.1, 0.15) is 22.6 Å². The molecule has 0 N–H and O–H groups in total. The molecular weight excluding hydrogens is 452 g/mol. The Hall–Kier alpha value is -1.80. The zero-order chi connectivity index (χ0) is 22.6. The number of halogens is 5. The van der Waals surface area contributed by atoms with Crippen LogP contribution in [0.4, 0.5) is 18.9 Å². The van der Waals surface area contributed by atoms with Crippen molar-refractivity contribution in [2.45, 2.75) is 18.6 Å². The maximum absolute atomic E-state index is 10.4. The molecule has 1 fully saturated rings. The Labute approximate surface area is 189 Å². The van der Waals surface area contributed by atoms with Crippen LogP contribution in [-0.4, -0.2) is 57.3 Å². The number of carbonyl (C=O) groups is 1. The number of aldehydes is 1. The van der Waals surface area contributed by atoms with Gasteiger partial charge in [0, 0.05) is 47.8 Å². The van der Waals surface area contributed by atoms with Crippen LogP contribution in [0, 0.1) is 0 Å². The summed E-state index contributed by atoms with van der Waals surface area (Å²) in [7, 11) is 2.14. The molecule has 0 spiro atoms. The van der Waals surface area contributed by atoms with Crippen LogP contribution in [0.5, 0.6) is 0 Å². The van der Waals surface area contributed by atoms with Gasteiger partial charge in [0.25, 0.3) is 0 Å². The fraction of sp³-hybridized carbons (Fsp3) is 0.409. The van der Waals surface area contributed by atoms with Crippen LogP contribution in [0.3, 0.4) is 0 Å². The summed E-state index contributed by atoms with van der Waals surface area (Å²) in [5.41, 5.74) is 5.03. The van der Waals surface area contributed by atoms with Gasteiger partial charge in [-0.15, -0.1) is 0 Å². The van der Waals surface area contributed by atoms with Crippen LogP contribution in [-0.2, 0) is 16.1 Å².